The molecule has 0 aromatic heterocycles. The Balaban J connectivity index is 1.33. The molecule has 160 valence electrons. The van der Waals surface area contributed by atoms with Gasteiger partial charge in [-0.15, -0.1) is 0 Å². The molecule has 0 N–H and O–H groups in total. The van der Waals surface area contributed by atoms with Crippen LogP contribution >= 0.6 is 0 Å². The van der Waals surface area contributed by atoms with Crippen molar-refractivity contribution in [3.8, 4) is 22.6 Å². The van der Waals surface area contributed by atoms with Crippen molar-refractivity contribution in [1.82, 2.24) is 0 Å². The highest BCUT2D eigenvalue weighted by Gasteiger charge is 2.52. The van der Waals surface area contributed by atoms with E-state index in [-0.39, 0.29) is 0 Å². The van der Waals surface area contributed by atoms with Gasteiger partial charge < -0.3 is 4.74 Å². The lowest BCUT2D eigenvalue weighted by Crippen LogP contribution is -2.43. The predicted molar refractivity (Wildman–Crippen MR) is 133 cm³/mol. The van der Waals surface area contributed by atoms with Crippen LogP contribution in [0.4, 0.5) is 0 Å². The maximum atomic E-state index is 6.43. The number of rotatable bonds is 3. The molecule has 4 aliphatic carbocycles. The van der Waals surface area contributed by atoms with E-state index in [1.54, 1.807) is 5.46 Å². The molecule has 0 saturated heterocycles. The summed E-state index contributed by atoms with van der Waals surface area (Å²) in [5, 5.41) is 2.84. The van der Waals surface area contributed by atoms with Gasteiger partial charge in [0, 0.05) is 10.9 Å². The van der Waals surface area contributed by atoms with E-state index in [0.717, 1.165) is 53.5 Å². The molecule has 4 saturated carbocycles. The van der Waals surface area contributed by atoms with E-state index in [1.807, 2.05) is 0 Å². The van der Waals surface area contributed by atoms with E-state index in [4.69, 9.17) is 4.74 Å². The molecular formula is C30H31BO. The van der Waals surface area contributed by atoms with Crippen LogP contribution < -0.4 is 10.2 Å². The second kappa shape index (κ2) is 6.66. The van der Waals surface area contributed by atoms with Gasteiger partial charge in [0.25, 0.3) is 0 Å². The van der Waals surface area contributed by atoms with Gasteiger partial charge in [0.15, 0.2) is 6.71 Å². The predicted octanol–water partition coefficient (Wildman–Crippen LogP) is 7.69. The van der Waals surface area contributed by atoms with E-state index >= 15 is 0 Å². The standard InChI is InChI=1S/C30H31BO/c1-2-6-28-22(4-1)23-12-13-25(24-5-3-7-29(32-28)30(23)24)31(26-16-18-8-10-20(26)14-18)27-17-19-9-11-21(27)15-19/h1-7,12-13,18-21,26-27H,8-11,14-17H2. The van der Waals surface area contributed by atoms with E-state index < -0.39 is 0 Å². The first-order valence-electron chi connectivity index (χ1n) is 13.2. The molecule has 0 spiro atoms. The van der Waals surface area contributed by atoms with Crippen LogP contribution in [-0.2, 0) is 0 Å². The van der Waals surface area contributed by atoms with Crippen LogP contribution in [0.15, 0.2) is 54.6 Å². The van der Waals surface area contributed by atoms with Crippen molar-refractivity contribution >= 4 is 22.9 Å². The average molecular weight is 418 g/mol. The number of hydrogen-bond acceptors (Lipinski definition) is 1. The van der Waals surface area contributed by atoms with Gasteiger partial charge in [-0.1, -0.05) is 98.1 Å². The molecule has 4 bridgehead atoms. The summed E-state index contributed by atoms with van der Waals surface area (Å²) in [7, 11) is 0. The summed E-state index contributed by atoms with van der Waals surface area (Å²) >= 11 is 0. The molecular weight excluding hydrogens is 387 g/mol. The smallest absolute Gasteiger partial charge is 0.183 e. The first kappa shape index (κ1) is 18.2. The summed E-state index contributed by atoms with van der Waals surface area (Å²) in [6, 6.07) is 20.4. The van der Waals surface area contributed by atoms with E-state index in [9.17, 15) is 0 Å². The van der Waals surface area contributed by atoms with Gasteiger partial charge in [-0.25, -0.2) is 0 Å². The third-order valence-corrected chi connectivity index (χ3v) is 10.3. The number of para-hydroxylation sites is 1. The molecule has 32 heavy (non-hydrogen) atoms. The lowest BCUT2D eigenvalue weighted by Gasteiger charge is -2.37. The minimum Gasteiger partial charge on any atom is -0.456 e. The highest BCUT2D eigenvalue weighted by Crippen LogP contribution is 2.60. The van der Waals surface area contributed by atoms with Gasteiger partial charge in [0.05, 0.1) is 0 Å². The average Bonchev–Trinajstić information content (AvgIpc) is 3.63. The SMILES string of the molecule is c1ccc2c(c1)Oc1cccc3c(B(C4CC5CCC4C5)C4CC5CCC4C5)ccc-2c13. The van der Waals surface area contributed by atoms with Crippen molar-refractivity contribution in [3.63, 3.8) is 0 Å². The van der Waals surface area contributed by atoms with Crippen LogP contribution in [0, 0.1) is 23.7 Å². The third kappa shape index (κ3) is 2.47. The van der Waals surface area contributed by atoms with E-state index in [0.29, 0.717) is 0 Å². The fraction of sp³-hybridized carbons (Fsp3) is 0.467. The third-order valence-electron chi connectivity index (χ3n) is 10.3. The molecule has 1 heterocycles. The Labute approximate surface area is 191 Å². The Kier molecular flexibility index (Phi) is 3.79. The minimum absolute atomic E-state index is 0.752. The molecule has 0 amide bonds. The second-order valence-corrected chi connectivity index (χ2v) is 11.7. The van der Waals surface area contributed by atoms with Gasteiger partial charge in [-0.05, 0) is 59.6 Å². The Morgan fingerprint density at radius 2 is 1.34 bits per heavy atom. The molecule has 3 aromatic carbocycles. The summed E-state index contributed by atoms with van der Waals surface area (Å²) in [4.78, 5) is 0. The zero-order valence-corrected chi connectivity index (χ0v) is 18.8. The molecule has 5 aliphatic rings. The van der Waals surface area contributed by atoms with Gasteiger partial charge in [-0.2, -0.15) is 0 Å². The molecule has 6 unspecified atom stereocenters. The van der Waals surface area contributed by atoms with Crippen LogP contribution in [0.2, 0.25) is 11.6 Å². The highest BCUT2D eigenvalue weighted by atomic mass is 16.5. The molecule has 0 radical (unpaired) electrons. The molecule has 6 atom stereocenters. The Bertz CT molecular complexity index is 1200. The topological polar surface area (TPSA) is 9.23 Å². The van der Waals surface area contributed by atoms with Crippen molar-refractivity contribution in [1.29, 1.82) is 0 Å². The van der Waals surface area contributed by atoms with Gasteiger partial charge in [0.2, 0.25) is 0 Å². The Morgan fingerprint density at radius 3 is 2.03 bits per heavy atom. The minimum atomic E-state index is 0.752. The largest absolute Gasteiger partial charge is 0.456 e. The summed E-state index contributed by atoms with van der Waals surface area (Å²) in [5.74, 6) is 7.86. The number of hydrogen-bond donors (Lipinski definition) is 0. The Hall–Kier alpha value is -2.22. The monoisotopic (exact) mass is 418 g/mol. The maximum absolute atomic E-state index is 6.43. The molecule has 1 nitrogen and oxygen atoms in total. The van der Waals surface area contributed by atoms with Crippen molar-refractivity contribution in [2.75, 3.05) is 0 Å². The van der Waals surface area contributed by atoms with Gasteiger partial charge in [0.1, 0.15) is 11.5 Å². The molecule has 2 heteroatoms. The lowest BCUT2D eigenvalue weighted by atomic mass is 9.26. The highest BCUT2D eigenvalue weighted by molar-refractivity contribution is 6.78. The first-order chi connectivity index (χ1) is 15.8. The van der Waals surface area contributed by atoms with Crippen molar-refractivity contribution in [2.45, 2.75) is 63.0 Å². The fourth-order valence-corrected chi connectivity index (χ4v) is 9.14. The summed E-state index contributed by atoms with van der Waals surface area (Å²) in [5.41, 5.74) is 4.27. The van der Waals surface area contributed by atoms with Gasteiger partial charge in [-0.3, -0.25) is 0 Å². The number of fused-ring (bicyclic) bond motifs is 6. The van der Waals surface area contributed by atoms with Crippen LogP contribution in [0.25, 0.3) is 21.9 Å². The van der Waals surface area contributed by atoms with Crippen molar-refractivity contribution in [3.05, 3.63) is 54.6 Å². The molecule has 3 aromatic rings. The molecule has 4 fully saturated rings. The number of benzene rings is 3. The quantitative estimate of drug-likeness (QED) is 0.310. The lowest BCUT2D eigenvalue weighted by molar-refractivity contribution is 0.441. The fourth-order valence-electron chi connectivity index (χ4n) is 9.14. The first-order valence-corrected chi connectivity index (χ1v) is 13.2. The van der Waals surface area contributed by atoms with Crippen LogP contribution in [0.1, 0.15) is 51.4 Å². The van der Waals surface area contributed by atoms with E-state index in [2.05, 4.69) is 54.6 Å². The van der Waals surface area contributed by atoms with Crippen LogP contribution in [0.3, 0.4) is 0 Å². The number of ether oxygens (including phenoxy) is 1. The van der Waals surface area contributed by atoms with Gasteiger partial charge >= 0.3 is 0 Å². The zero-order chi connectivity index (χ0) is 20.8. The summed E-state index contributed by atoms with van der Waals surface area (Å²) in [6.45, 7) is 0.752. The normalized spacial score (nSPS) is 33.5. The maximum Gasteiger partial charge on any atom is 0.183 e. The second-order valence-electron chi connectivity index (χ2n) is 11.7. The molecule has 8 rings (SSSR count). The zero-order valence-electron chi connectivity index (χ0n) is 18.8. The van der Waals surface area contributed by atoms with Crippen LogP contribution in [-0.4, -0.2) is 6.71 Å². The van der Waals surface area contributed by atoms with Crippen molar-refractivity contribution in [2.24, 2.45) is 23.7 Å². The summed E-state index contributed by atoms with van der Waals surface area (Å²) in [6.07, 6.45) is 12.0. The van der Waals surface area contributed by atoms with E-state index in [1.165, 1.54) is 73.3 Å². The summed E-state index contributed by atoms with van der Waals surface area (Å²) < 4.78 is 6.43. The van der Waals surface area contributed by atoms with Crippen LogP contribution in [0.5, 0.6) is 11.5 Å². The van der Waals surface area contributed by atoms with Crippen molar-refractivity contribution < 1.29 is 4.74 Å². The molecule has 1 aliphatic heterocycles. The Morgan fingerprint density at radius 1 is 0.625 bits per heavy atom.